The number of rotatable bonds is 13. The number of benzene rings is 2. The second-order valence-electron chi connectivity index (χ2n) is 7.96. The van der Waals surface area contributed by atoms with Crippen LogP contribution in [0.25, 0.3) is 22.3 Å². The summed E-state index contributed by atoms with van der Waals surface area (Å²) in [5.41, 5.74) is 0.335. The van der Waals surface area contributed by atoms with Crippen molar-refractivity contribution in [2.45, 2.75) is 53.4 Å². The van der Waals surface area contributed by atoms with E-state index in [1.165, 1.54) is 6.07 Å². The van der Waals surface area contributed by atoms with Crippen molar-refractivity contribution >= 4 is 11.0 Å². The molecular weight excluding hydrogens is 436 g/mol. The number of phenolic OH excluding ortho intramolecular Hbond substituents is 1. The Morgan fingerprint density at radius 1 is 0.765 bits per heavy atom. The molecule has 0 aliphatic heterocycles. The van der Waals surface area contributed by atoms with Crippen molar-refractivity contribution in [1.29, 1.82) is 0 Å². The van der Waals surface area contributed by atoms with E-state index in [4.69, 9.17) is 23.4 Å². The topological polar surface area (TPSA) is 87.4 Å². The Bertz CT molecular complexity index is 1150. The van der Waals surface area contributed by atoms with Crippen LogP contribution in [0.1, 0.15) is 53.4 Å². The highest BCUT2D eigenvalue weighted by molar-refractivity contribution is 5.89. The van der Waals surface area contributed by atoms with E-state index >= 15 is 0 Å². The molecule has 1 heterocycles. The molecule has 0 unspecified atom stereocenters. The summed E-state index contributed by atoms with van der Waals surface area (Å²) >= 11 is 0. The molecule has 34 heavy (non-hydrogen) atoms. The van der Waals surface area contributed by atoms with Gasteiger partial charge in [0.1, 0.15) is 34.0 Å². The van der Waals surface area contributed by atoms with E-state index in [0.29, 0.717) is 55.7 Å². The molecule has 184 valence electrons. The lowest BCUT2D eigenvalue weighted by Crippen LogP contribution is -2.11. The summed E-state index contributed by atoms with van der Waals surface area (Å²) in [5, 5.41) is 10.6. The predicted molar refractivity (Wildman–Crippen MR) is 133 cm³/mol. The van der Waals surface area contributed by atoms with Gasteiger partial charge in [-0.25, -0.2) is 0 Å². The molecule has 0 atom stereocenters. The highest BCUT2D eigenvalue weighted by Crippen LogP contribution is 2.41. The second kappa shape index (κ2) is 12.2. The van der Waals surface area contributed by atoms with Crippen LogP contribution in [-0.4, -0.2) is 31.5 Å². The number of fused-ring (bicyclic) bond motifs is 1. The van der Waals surface area contributed by atoms with Gasteiger partial charge in [-0.15, -0.1) is 0 Å². The minimum atomic E-state index is -0.447. The van der Waals surface area contributed by atoms with Crippen molar-refractivity contribution in [3.8, 4) is 40.1 Å². The molecular formula is C27H34O7. The molecule has 2 aromatic carbocycles. The Labute approximate surface area is 200 Å². The van der Waals surface area contributed by atoms with E-state index in [1.54, 1.807) is 18.2 Å². The minimum absolute atomic E-state index is 0.0375. The fourth-order valence-corrected chi connectivity index (χ4v) is 3.40. The summed E-state index contributed by atoms with van der Waals surface area (Å²) in [4.78, 5) is 13.5. The SMILES string of the molecule is CCCOc1ccc(-c2oc3cc(OCCC)cc(O)c3c(=O)c2OCCC)c(OCCC)c1. The highest BCUT2D eigenvalue weighted by atomic mass is 16.5. The fourth-order valence-electron chi connectivity index (χ4n) is 3.40. The maximum absolute atomic E-state index is 13.5. The lowest BCUT2D eigenvalue weighted by Gasteiger charge is -2.16. The van der Waals surface area contributed by atoms with Crippen LogP contribution in [0.5, 0.6) is 28.7 Å². The molecule has 1 aromatic heterocycles. The molecule has 0 bridgehead atoms. The highest BCUT2D eigenvalue weighted by Gasteiger charge is 2.23. The molecule has 7 nitrogen and oxygen atoms in total. The first-order valence-electron chi connectivity index (χ1n) is 12.0. The van der Waals surface area contributed by atoms with E-state index in [9.17, 15) is 9.90 Å². The van der Waals surface area contributed by atoms with Gasteiger partial charge >= 0.3 is 0 Å². The molecule has 3 rings (SSSR count). The Hall–Kier alpha value is -3.35. The van der Waals surface area contributed by atoms with E-state index in [-0.39, 0.29) is 28.2 Å². The van der Waals surface area contributed by atoms with Gasteiger partial charge in [0.25, 0.3) is 0 Å². The maximum Gasteiger partial charge on any atom is 0.239 e. The van der Waals surface area contributed by atoms with Crippen LogP contribution in [0.4, 0.5) is 0 Å². The van der Waals surface area contributed by atoms with Crippen LogP contribution in [0.2, 0.25) is 0 Å². The summed E-state index contributed by atoms with van der Waals surface area (Å²) in [6, 6.07) is 8.46. The Kier molecular flexibility index (Phi) is 9.08. The van der Waals surface area contributed by atoms with Gasteiger partial charge in [0.15, 0.2) is 5.76 Å². The summed E-state index contributed by atoms with van der Waals surface area (Å²) in [6.07, 6.45) is 3.21. The average molecular weight is 471 g/mol. The fraction of sp³-hybridized carbons (Fsp3) is 0.444. The van der Waals surface area contributed by atoms with Gasteiger partial charge in [-0.3, -0.25) is 4.79 Å². The van der Waals surface area contributed by atoms with E-state index in [2.05, 4.69) is 0 Å². The number of hydrogen-bond acceptors (Lipinski definition) is 7. The first kappa shape index (κ1) is 25.3. The molecule has 1 N–H and O–H groups in total. The standard InChI is InChI=1S/C27H34O7/c1-5-11-30-18-9-10-20(22(16-18)32-13-7-3)26-27(33-14-8-4)25(29)24-21(28)15-19(31-12-6-2)17-23(24)34-26/h9-10,15-17,28H,5-8,11-14H2,1-4H3. The van der Waals surface area contributed by atoms with Crippen LogP contribution in [0.15, 0.2) is 39.5 Å². The normalized spacial score (nSPS) is 10.9. The van der Waals surface area contributed by atoms with Crippen molar-refractivity contribution in [1.82, 2.24) is 0 Å². The maximum atomic E-state index is 13.5. The van der Waals surface area contributed by atoms with Crippen molar-refractivity contribution in [3.63, 3.8) is 0 Å². The number of hydrogen-bond donors (Lipinski definition) is 1. The van der Waals surface area contributed by atoms with Crippen LogP contribution >= 0.6 is 0 Å². The number of phenols is 1. The molecule has 0 saturated carbocycles. The molecule has 0 radical (unpaired) electrons. The monoisotopic (exact) mass is 470 g/mol. The van der Waals surface area contributed by atoms with Crippen molar-refractivity contribution in [2.24, 2.45) is 0 Å². The van der Waals surface area contributed by atoms with E-state index in [1.807, 2.05) is 33.8 Å². The summed E-state index contributed by atoms with van der Waals surface area (Å²) in [6.45, 7) is 9.88. The van der Waals surface area contributed by atoms with Gasteiger partial charge < -0.3 is 28.5 Å². The van der Waals surface area contributed by atoms with Gasteiger partial charge in [-0.2, -0.15) is 0 Å². The molecule has 7 heteroatoms. The zero-order chi connectivity index (χ0) is 24.5. The van der Waals surface area contributed by atoms with E-state index in [0.717, 1.165) is 19.3 Å². The largest absolute Gasteiger partial charge is 0.507 e. The van der Waals surface area contributed by atoms with Crippen molar-refractivity contribution in [2.75, 3.05) is 26.4 Å². The van der Waals surface area contributed by atoms with Crippen LogP contribution in [0.3, 0.4) is 0 Å². The predicted octanol–water partition coefficient (Wildman–Crippen LogP) is 6.32. The first-order valence-corrected chi connectivity index (χ1v) is 12.0. The summed E-state index contributed by atoms with van der Waals surface area (Å²) in [7, 11) is 0. The lowest BCUT2D eigenvalue weighted by molar-refractivity contribution is 0.299. The third kappa shape index (κ3) is 5.76. The van der Waals surface area contributed by atoms with Crippen molar-refractivity contribution in [3.05, 3.63) is 40.6 Å². The van der Waals surface area contributed by atoms with Gasteiger partial charge in [0.05, 0.1) is 32.0 Å². The van der Waals surface area contributed by atoms with Gasteiger partial charge in [-0.1, -0.05) is 27.7 Å². The third-order valence-corrected chi connectivity index (χ3v) is 4.96. The third-order valence-electron chi connectivity index (χ3n) is 4.96. The van der Waals surface area contributed by atoms with Crippen LogP contribution in [-0.2, 0) is 0 Å². The minimum Gasteiger partial charge on any atom is -0.507 e. The summed E-state index contributed by atoms with van der Waals surface area (Å²) in [5.74, 6) is 1.69. The molecule has 0 saturated heterocycles. The molecule has 0 amide bonds. The van der Waals surface area contributed by atoms with Gasteiger partial charge in [-0.05, 0) is 37.8 Å². The Balaban J connectivity index is 2.23. The zero-order valence-electron chi connectivity index (χ0n) is 20.4. The molecule has 3 aromatic rings. The first-order chi connectivity index (χ1) is 16.5. The molecule has 0 aliphatic rings. The van der Waals surface area contributed by atoms with E-state index < -0.39 is 5.43 Å². The second-order valence-corrected chi connectivity index (χ2v) is 7.96. The number of aromatic hydroxyl groups is 1. The lowest BCUT2D eigenvalue weighted by atomic mass is 10.1. The van der Waals surface area contributed by atoms with Crippen LogP contribution in [0, 0.1) is 0 Å². The zero-order valence-corrected chi connectivity index (χ0v) is 20.4. The Morgan fingerprint density at radius 3 is 2.06 bits per heavy atom. The van der Waals surface area contributed by atoms with Crippen molar-refractivity contribution < 1.29 is 28.5 Å². The molecule has 0 fully saturated rings. The average Bonchev–Trinajstić information content (AvgIpc) is 2.84. The van der Waals surface area contributed by atoms with Gasteiger partial charge in [0.2, 0.25) is 11.2 Å². The van der Waals surface area contributed by atoms with Crippen LogP contribution < -0.4 is 24.4 Å². The smallest absolute Gasteiger partial charge is 0.239 e. The molecule has 0 spiro atoms. The van der Waals surface area contributed by atoms with Gasteiger partial charge in [0, 0.05) is 18.2 Å². The number of ether oxygens (including phenoxy) is 4. The molecule has 0 aliphatic carbocycles. The quantitative estimate of drug-likeness (QED) is 0.313. The Morgan fingerprint density at radius 2 is 1.38 bits per heavy atom. The summed E-state index contributed by atoms with van der Waals surface area (Å²) < 4.78 is 29.5.